The molecular weight excluding hydrogens is 371 g/mol. The Balaban J connectivity index is 2.01. The lowest BCUT2D eigenvalue weighted by Gasteiger charge is -2.16. The minimum absolute atomic E-state index is 0.208. The molecule has 0 aliphatic rings. The molecule has 9 heteroatoms. The molecule has 0 unspecified atom stereocenters. The Labute approximate surface area is 162 Å². The summed E-state index contributed by atoms with van der Waals surface area (Å²) in [7, 11) is 3.52. The average molecular weight is 397 g/mol. The lowest BCUT2D eigenvalue weighted by atomic mass is 10.1. The third kappa shape index (κ3) is 5.90. The van der Waals surface area contributed by atoms with Crippen molar-refractivity contribution in [3.8, 4) is 5.75 Å². The Morgan fingerprint density at radius 1 is 1.18 bits per heavy atom. The van der Waals surface area contributed by atoms with Crippen LogP contribution in [-0.2, 0) is 20.1 Å². The number of hydrogen-bond donors (Lipinski definition) is 2. The van der Waals surface area contributed by atoms with Gasteiger partial charge in [-0.15, -0.1) is 0 Å². The van der Waals surface area contributed by atoms with Gasteiger partial charge in [-0.1, -0.05) is 12.1 Å². The van der Waals surface area contributed by atoms with Gasteiger partial charge in [0.2, 0.25) is 0 Å². The second-order valence-corrected chi connectivity index (χ2v) is 6.57. The third-order valence-electron chi connectivity index (χ3n) is 4.38. The summed E-state index contributed by atoms with van der Waals surface area (Å²) in [4.78, 5) is 4.16. The lowest BCUT2D eigenvalue weighted by molar-refractivity contribution is -0.153. The van der Waals surface area contributed by atoms with Gasteiger partial charge in [-0.25, -0.2) is 0 Å². The number of hydrogen-bond acceptors (Lipinski definition) is 3. The summed E-state index contributed by atoms with van der Waals surface area (Å²) in [5.41, 5.74) is 4.51. The van der Waals surface area contributed by atoms with E-state index in [2.05, 4.69) is 20.7 Å². The van der Waals surface area contributed by atoms with Gasteiger partial charge >= 0.3 is 6.18 Å². The first-order valence-corrected chi connectivity index (χ1v) is 8.83. The highest BCUT2D eigenvalue weighted by atomic mass is 19.4. The van der Waals surface area contributed by atoms with Crippen LogP contribution in [0, 0.1) is 20.8 Å². The lowest BCUT2D eigenvalue weighted by Crippen LogP contribution is -2.36. The van der Waals surface area contributed by atoms with Crippen LogP contribution in [0.15, 0.2) is 23.2 Å². The van der Waals surface area contributed by atoms with Crippen molar-refractivity contribution in [3.05, 3.63) is 46.3 Å². The van der Waals surface area contributed by atoms with E-state index < -0.39 is 12.8 Å². The number of guanidine groups is 1. The van der Waals surface area contributed by atoms with Crippen molar-refractivity contribution in [2.24, 2.45) is 12.0 Å². The largest absolute Gasteiger partial charge is 0.484 e. The first kappa shape index (κ1) is 21.6. The van der Waals surface area contributed by atoms with Gasteiger partial charge in [-0.05, 0) is 32.4 Å². The number of ether oxygens (including phenoxy) is 1. The number of nitrogens with one attached hydrogen (secondary N) is 2. The molecule has 2 N–H and O–H groups in total. The van der Waals surface area contributed by atoms with Gasteiger partial charge in [0.25, 0.3) is 0 Å². The Bertz CT molecular complexity index is 843. The number of aromatic nitrogens is 2. The van der Waals surface area contributed by atoms with Gasteiger partial charge in [-0.3, -0.25) is 9.67 Å². The summed E-state index contributed by atoms with van der Waals surface area (Å²) >= 11 is 0. The third-order valence-corrected chi connectivity index (χ3v) is 4.38. The van der Waals surface area contributed by atoms with Crippen molar-refractivity contribution >= 4 is 5.96 Å². The molecule has 0 aliphatic carbocycles. The van der Waals surface area contributed by atoms with Crippen LogP contribution in [-0.4, -0.2) is 35.6 Å². The van der Waals surface area contributed by atoms with Crippen LogP contribution in [0.5, 0.6) is 5.75 Å². The number of rotatable bonds is 6. The number of nitrogens with zero attached hydrogens (tertiary/aromatic N) is 3. The van der Waals surface area contributed by atoms with Crippen LogP contribution in [0.25, 0.3) is 0 Å². The zero-order valence-electron chi connectivity index (χ0n) is 16.7. The summed E-state index contributed by atoms with van der Waals surface area (Å²) in [5, 5.41) is 10.7. The zero-order valence-corrected chi connectivity index (χ0v) is 16.7. The average Bonchev–Trinajstić information content (AvgIpc) is 2.86. The molecule has 1 heterocycles. The van der Waals surface area contributed by atoms with Crippen LogP contribution in [0.3, 0.4) is 0 Å². The van der Waals surface area contributed by atoms with Crippen molar-refractivity contribution in [1.29, 1.82) is 0 Å². The Morgan fingerprint density at radius 3 is 2.43 bits per heavy atom. The molecule has 2 rings (SSSR count). The predicted octanol–water partition coefficient (Wildman–Crippen LogP) is 3.15. The molecule has 0 saturated carbocycles. The molecule has 0 amide bonds. The number of benzene rings is 1. The van der Waals surface area contributed by atoms with Crippen molar-refractivity contribution in [1.82, 2.24) is 20.4 Å². The second kappa shape index (κ2) is 8.99. The van der Waals surface area contributed by atoms with Gasteiger partial charge in [0.1, 0.15) is 5.75 Å². The van der Waals surface area contributed by atoms with Gasteiger partial charge in [0.05, 0.1) is 5.69 Å². The monoisotopic (exact) mass is 397 g/mol. The van der Waals surface area contributed by atoms with Gasteiger partial charge in [-0.2, -0.15) is 18.3 Å². The predicted molar refractivity (Wildman–Crippen MR) is 102 cm³/mol. The molecule has 2 aromatic rings. The first-order chi connectivity index (χ1) is 13.1. The molecule has 0 atom stereocenters. The van der Waals surface area contributed by atoms with Crippen molar-refractivity contribution in [3.63, 3.8) is 0 Å². The molecule has 1 aromatic heterocycles. The number of alkyl halides is 3. The molecule has 0 fully saturated rings. The number of halogens is 3. The molecule has 0 bridgehead atoms. The SMILES string of the molecule is CN=C(NCc1ccc(C)cc1OCC(F)(F)F)NCc1c(C)nn(C)c1C. The van der Waals surface area contributed by atoms with E-state index >= 15 is 0 Å². The Kier molecular flexibility index (Phi) is 6.93. The van der Waals surface area contributed by atoms with E-state index in [1.807, 2.05) is 31.6 Å². The van der Waals surface area contributed by atoms with Crippen LogP contribution in [0.1, 0.15) is 28.1 Å². The fourth-order valence-corrected chi connectivity index (χ4v) is 2.75. The maximum Gasteiger partial charge on any atom is 0.422 e. The molecule has 6 nitrogen and oxygen atoms in total. The highest BCUT2D eigenvalue weighted by Gasteiger charge is 2.28. The Morgan fingerprint density at radius 2 is 1.86 bits per heavy atom. The first-order valence-electron chi connectivity index (χ1n) is 8.83. The topological polar surface area (TPSA) is 63.5 Å². The summed E-state index contributed by atoms with van der Waals surface area (Å²) in [6.07, 6.45) is -4.38. The standard InChI is InChI=1S/C19H26F3N5O/c1-12-6-7-15(17(8-12)28-11-19(20,21)22)9-24-18(23-4)25-10-16-13(2)26-27(5)14(16)3/h6-8H,9-11H2,1-5H3,(H2,23,24,25). The second-order valence-electron chi connectivity index (χ2n) is 6.57. The van der Waals surface area contributed by atoms with Gasteiger partial charge in [0.15, 0.2) is 12.6 Å². The molecule has 0 aliphatic heterocycles. The summed E-state index contributed by atoms with van der Waals surface area (Å²) in [5.74, 6) is 0.740. The van der Waals surface area contributed by atoms with Gasteiger partial charge < -0.3 is 15.4 Å². The van der Waals surface area contributed by atoms with E-state index in [0.29, 0.717) is 18.1 Å². The Hall–Kier alpha value is -2.71. The zero-order chi connectivity index (χ0) is 20.9. The van der Waals surface area contributed by atoms with Crippen LogP contribution in [0.2, 0.25) is 0 Å². The maximum absolute atomic E-state index is 12.5. The minimum Gasteiger partial charge on any atom is -0.484 e. The van der Waals surface area contributed by atoms with Crippen LogP contribution >= 0.6 is 0 Å². The fraction of sp³-hybridized carbons (Fsp3) is 0.474. The molecule has 0 saturated heterocycles. The molecule has 1 aromatic carbocycles. The molecular formula is C19H26F3N5O. The number of aryl methyl sites for hydroxylation is 3. The van der Waals surface area contributed by atoms with Crippen molar-refractivity contribution < 1.29 is 17.9 Å². The highest BCUT2D eigenvalue weighted by molar-refractivity contribution is 5.79. The van der Waals surface area contributed by atoms with Gasteiger partial charge in [0, 0.05) is 44.0 Å². The fourth-order valence-electron chi connectivity index (χ4n) is 2.75. The quantitative estimate of drug-likeness (QED) is 0.581. The molecule has 28 heavy (non-hydrogen) atoms. The van der Waals surface area contributed by atoms with Crippen LogP contribution in [0.4, 0.5) is 13.2 Å². The normalized spacial score (nSPS) is 12.2. The minimum atomic E-state index is -4.38. The van der Waals surface area contributed by atoms with E-state index in [4.69, 9.17) is 4.74 Å². The molecule has 0 radical (unpaired) electrons. The van der Waals surface area contributed by atoms with Crippen molar-refractivity contribution in [2.75, 3.05) is 13.7 Å². The summed E-state index contributed by atoms with van der Waals surface area (Å²) in [6, 6.07) is 5.17. The van der Waals surface area contributed by atoms with E-state index in [9.17, 15) is 13.2 Å². The van der Waals surface area contributed by atoms with E-state index in [0.717, 1.165) is 22.5 Å². The maximum atomic E-state index is 12.5. The highest BCUT2D eigenvalue weighted by Crippen LogP contribution is 2.23. The van der Waals surface area contributed by atoms with E-state index in [1.165, 1.54) is 0 Å². The number of aliphatic imine (C=N–C) groups is 1. The van der Waals surface area contributed by atoms with Crippen LogP contribution < -0.4 is 15.4 Å². The molecule has 0 spiro atoms. The summed E-state index contributed by atoms with van der Waals surface area (Å²) < 4.78 is 44.3. The summed E-state index contributed by atoms with van der Waals surface area (Å²) in [6.45, 7) is 5.22. The van der Waals surface area contributed by atoms with E-state index in [-0.39, 0.29) is 12.3 Å². The van der Waals surface area contributed by atoms with E-state index in [1.54, 1.807) is 26.1 Å². The van der Waals surface area contributed by atoms with Crippen molar-refractivity contribution in [2.45, 2.75) is 40.0 Å². The molecule has 154 valence electrons. The smallest absolute Gasteiger partial charge is 0.422 e.